The van der Waals surface area contributed by atoms with Gasteiger partial charge in [0.2, 0.25) is 23.4 Å². The highest BCUT2D eigenvalue weighted by Gasteiger charge is 2.71. The van der Waals surface area contributed by atoms with Crippen LogP contribution >= 0.6 is 0 Å². The van der Waals surface area contributed by atoms with Crippen molar-refractivity contribution in [1.29, 1.82) is 0 Å². The van der Waals surface area contributed by atoms with E-state index in [1.165, 1.54) is 40.6 Å². The Morgan fingerprint density at radius 1 is 0.638 bits per heavy atom. The molecule has 6 N–H and O–H groups in total. The fraction of sp³-hybridized carbons (Fsp3) is 0.797. The van der Waals surface area contributed by atoms with Crippen LogP contribution in [0.5, 0.6) is 0 Å². The van der Waals surface area contributed by atoms with Gasteiger partial charge in [-0.15, -0.1) is 0 Å². The second-order valence-corrected chi connectivity index (χ2v) is 33.5. The largest absolute Gasteiger partial charge is 0.458 e. The maximum absolute atomic E-state index is 13.6. The minimum Gasteiger partial charge on any atom is -0.458 e. The molecule has 1 aromatic rings. The number of aliphatic hydroxyl groups is 4. The summed E-state index contributed by atoms with van der Waals surface area (Å²) in [6, 6.07) is 0. The van der Waals surface area contributed by atoms with Gasteiger partial charge in [0.15, 0.2) is 13.2 Å². The van der Waals surface area contributed by atoms with Gasteiger partial charge in [0.05, 0.1) is 35.6 Å². The molecule has 23 nitrogen and oxygen atoms in total. The minimum atomic E-state index is -4.13. The second-order valence-electron chi connectivity index (χ2n) is 30.3. The van der Waals surface area contributed by atoms with E-state index in [0.717, 1.165) is 43.5 Å². The number of ether oxygens (including phenoxy) is 2. The normalized spacial score (nSPS) is 35.1. The van der Waals surface area contributed by atoms with Gasteiger partial charge in [0, 0.05) is 83.5 Å². The zero-order chi connectivity index (χ0) is 69.3. The standard InChI is InChI=1S/C35H53N3O9S.C34H54N2O9S/c1-22-16-24-25-12-13-35(43,29(40)21-47-31(42)11-9-7-6-8-10-30(41)37(4)14-15-48(44,45)46)34(25,3)19-28(39)32(24)33(2)18-23-20-36-38(5)27(23)17-26(22)33;1-22-18-24-25-13-15-34(41,33(25,3)20-27(37)31(24)32(2)14-12-23(35-4)19-26(22)32)28(38)21-45-30(40)11-9-7-6-8-10-29(39)36(5)16-17-46(42,43)44/h17,20,22,24-25,28,32,39,43H,6-16,18-19,21H2,1-5H3,(H,44,45,46);19,22,24-25,27,31,37,41H,6-18,20-21H2,1-5H3,(H,42,43,44)/t22-,24-,25-,28-,32+,33-,34-,35-;22-,24-,25-,27-,31+,32-,33-,34-/m00/s1. The van der Waals surface area contributed by atoms with Crippen LogP contribution < -0.4 is 0 Å². The number of fused-ring (bicyclic) bond motifs is 11. The maximum atomic E-state index is 13.6. The molecule has 9 rings (SSSR count). The first-order chi connectivity index (χ1) is 43.9. The molecule has 0 saturated heterocycles. The number of carbonyl (C=O) groups is 6. The number of amides is 2. The SMILES string of the molecule is CN=C1C=C2[C@@H](C)C[C@@H]3[C@H]([C@@H](O)C[C@@]4(C)[C@H]3CC[C@]4(O)C(=O)COC(=O)CCCCCCC(=O)N(C)CCS(=O)(=O)O)[C@@]2(C)CC1.C[C@H]1C[C@@H]2[C@H]([C@@H](O)C[C@@]3(C)[C@H]2CC[C@]3(O)C(=O)COC(=O)CCCCCCC(=O)N(C)CCS(=O)(=O)O)[C@@]2(C)Cc3cnn(C)c3C=C12. The molecule has 0 unspecified atom stereocenters. The minimum absolute atomic E-state index is 0.00534. The highest BCUT2D eigenvalue weighted by atomic mass is 32.2. The van der Waals surface area contributed by atoms with Crippen LogP contribution in [0, 0.1) is 69.0 Å². The summed E-state index contributed by atoms with van der Waals surface area (Å²) < 4.78 is 73.7. The van der Waals surface area contributed by atoms with Gasteiger partial charge >= 0.3 is 11.9 Å². The van der Waals surface area contributed by atoms with Crippen molar-refractivity contribution in [2.45, 2.75) is 213 Å². The summed E-state index contributed by atoms with van der Waals surface area (Å²) in [7, 11) is -1.50. The number of aliphatic imine (C=N–C) groups is 1. The van der Waals surface area contributed by atoms with Crippen LogP contribution in [0.4, 0.5) is 0 Å². The molecule has 8 aliphatic carbocycles. The van der Waals surface area contributed by atoms with Crippen LogP contribution in [-0.2, 0) is 71.9 Å². The summed E-state index contributed by atoms with van der Waals surface area (Å²) in [4.78, 5) is 83.3. The third-order valence-electron chi connectivity index (χ3n) is 24.7. The van der Waals surface area contributed by atoms with Gasteiger partial charge in [-0.05, 0) is 172 Å². The number of ketones is 2. The molecule has 25 heteroatoms. The van der Waals surface area contributed by atoms with Crippen molar-refractivity contribution in [3.63, 3.8) is 0 Å². The summed E-state index contributed by atoms with van der Waals surface area (Å²) in [5, 5.41) is 52.0. The topological polar surface area (TPSA) is 347 Å². The number of hydrogen-bond acceptors (Lipinski definition) is 18. The van der Waals surface area contributed by atoms with Crippen molar-refractivity contribution >= 4 is 67.3 Å². The fourth-order valence-corrected chi connectivity index (χ4v) is 20.6. The maximum Gasteiger partial charge on any atom is 0.306 e. The Morgan fingerprint density at radius 3 is 1.48 bits per heavy atom. The molecule has 16 atom stereocenters. The van der Waals surface area contributed by atoms with E-state index in [-0.39, 0.29) is 103 Å². The van der Waals surface area contributed by atoms with Crippen molar-refractivity contribution in [2.24, 2.45) is 81.0 Å². The fourth-order valence-electron chi connectivity index (χ4n) is 19.6. The Hall–Kier alpha value is -4.76. The molecule has 6 saturated carbocycles. The lowest BCUT2D eigenvalue weighted by Gasteiger charge is -2.61. The summed E-state index contributed by atoms with van der Waals surface area (Å²) in [6.07, 6.45) is 17.7. The lowest BCUT2D eigenvalue weighted by Crippen LogP contribution is -2.63. The summed E-state index contributed by atoms with van der Waals surface area (Å²) in [5.74, 6) is -2.33. The van der Waals surface area contributed by atoms with Crippen molar-refractivity contribution in [3.8, 4) is 0 Å². The molecule has 0 aromatic carbocycles. The van der Waals surface area contributed by atoms with Gasteiger partial charge in [0.1, 0.15) is 11.2 Å². The van der Waals surface area contributed by atoms with Gasteiger partial charge < -0.3 is 39.7 Å². The highest BCUT2D eigenvalue weighted by Crippen LogP contribution is 2.70. The van der Waals surface area contributed by atoms with Gasteiger partial charge in [-0.1, -0.05) is 78.4 Å². The molecule has 0 aliphatic heterocycles. The molecule has 6 fully saturated rings. The van der Waals surface area contributed by atoms with E-state index in [1.807, 2.05) is 38.8 Å². The molecule has 1 heterocycles. The number of Topliss-reactive ketones (excluding diaryl/α,β-unsaturated/α-hetero) is 2. The van der Waals surface area contributed by atoms with Crippen molar-refractivity contribution in [2.75, 3.05) is 59.0 Å². The number of carbonyl (C=O) groups excluding carboxylic acids is 6. The molecule has 1 aromatic heterocycles. The number of nitrogens with zero attached hydrogens (tertiary/aromatic N) is 5. The molecule has 94 heavy (non-hydrogen) atoms. The molecule has 0 spiro atoms. The number of unbranched alkanes of at least 4 members (excludes halogenated alkanes) is 6. The first kappa shape index (κ1) is 75.0. The van der Waals surface area contributed by atoms with Crippen molar-refractivity contribution in [1.82, 2.24) is 19.6 Å². The molecular weight excluding hydrogens is 1250 g/mol. The number of aryl methyl sites for hydroxylation is 1. The molecular formula is C69H107N5O18S2. The molecule has 8 aliphatic rings. The smallest absolute Gasteiger partial charge is 0.306 e. The summed E-state index contributed by atoms with van der Waals surface area (Å²) >= 11 is 0. The quantitative estimate of drug-likeness (QED) is 0.0305. The molecule has 0 bridgehead atoms. The van der Waals surface area contributed by atoms with Crippen molar-refractivity contribution < 1.29 is 84.6 Å². The lowest BCUT2D eigenvalue weighted by molar-refractivity contribution is -0.186. The van der Waals surface area contributed by atoms with Crippen LogP contribution in [-0.4, -0.2) is 189 Å². The van der Waals surface area contributed by atoms with Crippen molar-refractivity contribution in [3.05, 3.63) is 34.7 Å². The first-order valence-electron chi connectivity index (χ1n) is 34.4. The molecule has 2 amide bonds. The third-order valence-corrected chi connectivity index (χ3v) is 26.1. The zero-order valence-electron chi connectivity index (χ0n) is 57.1. The van der Waals surface area contributed by atoms with Gasteiger partial charge in [-0.2, -0.15) is 21.9 Å². The average molecular weight is 1360 g/mol. The summed E-state index contributed by atoms with van der Waals surface area (Å²) in [5.41, 5.74) is 0.773. The number of hydrogen-bond donors (Lipinski definition) is 6. The monoisotopic (exact) mass is 1360 g/mol. The van der Waals surface area contributed by atoms with E-state index in [0.29, 0.717) is 95.3 Å². The summed E-state index contributed by atoms with van der Waals surface area (Å²) in [6.45, 7) is 11.8. The highest BCUT2D eigenvalue weighted by molar-refractivity contribution is 7.86. The number of aromatic nitrogens is 2. The van der Waals surface area contributed by atoms with Gasteiger partial charge in [-0.25, -0.2) is 0 Å². The Bertz CT molecular complexity index is 3330. The average Bonchev–Trinajstić information content (AvgIpc) is 1.37. The van der Waals surface area contributed by atoms with E-state index in [9.17, 15) is 66.0 Å². The van der Waals surface area contributed by atoms with Crippen LogP contribution in [0.1, 0.15) is 194 Å². The Labute approximate surface area is 556 Å². The molecule has 0 radical (unpaired) electrons. The predicted molar refractivity (Wildman–Crippen MR) is 352 cm³/mol. The number of aliphatic hydroxyl groups excluding tert-OH is 2. The Morgan fingerprint density at radius 2 is 1.05 bits per heavy atom. The van der Waals surface area contributed by atoms with Crippen LogP contribution in [0.15, 0.2) is 28.4 Å². The van der Waals surface area contributed by atoms with E-state index in [4.69, 9.17) is 18.6 Å². The number of allylic oxidation sites excluding steroid dienone is 3. The Balaban J connectivity index is 0.000000241. The van der Waals surface area contributed by atoms with Crippen LogP contribution in [0.3, 0.4) is 0 Å². The van der Waals surface area contributed by atoms with Gasteiger partial charge in [-0.3, -0.25) is 47.5 Å². The van der Waals surface area contributed by atoms with E-state index < -0.39 is 103 Å². The molecule has 528 valence electrons. The lowest BCUT2D eigenvalue weighted by atomic mass is 9.44. The number of rotatable bonds is 26. The van der Waals surface area contributed by atoms with E-state index in [2.05, 4.69) is 49.9 Å². The third kappa shape index (κ3) is 15.4. The second kappa shape index (κ2) is 29.4. The Kier molecular flexibility index (Phi) is 23.4. The zero-order valence-corrected chi connectivity index (χ0v) is 58.8. The van der Waals surface area contributed by atoms with Crippen LogP contribution in [0.25, 0.3) is 6.08 Å². The van der Waals surface area contributed by atoms with E-state index >= 15 is 0 Å². The van der Waals surface area contributed by atoms with Crippen LogP contribution in [0.2, 0.25) is 0 Å². The first-order valence-corrected chi connectivity index (χ1v) is 37.6. The number of esters is 2. The van der Waals surface area contributed by atoms with E-state index in [1.54, 1.807) is 0 Å². The predicted octanol–water partition coefficient (Wildman–Crippen LogP) is 7.12. The van der Waals surface area contributed by atoms with Gasteiger partial charge in [0.25, 0.3) is 20.2 Å².